The van der Waals surface area contributed by atoms with Crippen molar-refractivity contribution in [3.05, 3.63) is 5.89 Å². The average molecular weight is 204 g/mol. The average Bonchev–Trinajstić information content (AvgIpc) is 2.47. The molecule has 0 spiro atoms. The predicted octanol–water partition coefficient (Wildman–Crippen LogP) is 2.04. The first-order chi connectivity index (χ1) is 5.72. The maximum atomic E-state index is 5.19. The van der Waals surface area contributed by atoms with E-state index in [1.807, 2.05) is 0 Å². The highest BCUT2D eigenvalue weighted by molar-refractivity contribution is 7.99. The van der Waals surface area contributed by atoms with E-state index in [1.54, 1.807) is 18.7 Å². The van der Waals surface area contributed by atoms with E-state index in [0.29, 0.717) is 17.0 Å². The quantitative estimate of drug-likeness (QED) is 0.601. The minimum atomic E-state index is 0.575. The number of hydrogen-bond acceptors (Lipinski definition) is 5. The van der Waals surface area contributed by atoms with Gasteiger partial charge in [0.15, 0.2) is 0 Å². The van der Waals surface area contributed by atoms with Gasteiger partial charge in [-0.1, -0.05) is 18.7 Å². The molecule has 12 heavy (non-hydrogen) atoms. The van der Waals surface area contributed by atoms with Crippen molar-refractivity contribution < 1.29 is 4.42 Å². The molecule has 0 amide bonds. The van der Waals surface area contributed by atoms with Gasteiger partial charge in [-0.25, -0.2) is 0 Å². The second kappa shape index (κ2) is 4.77. The Morgan fingerprint density at radius 1 is 1.58 bits per heavy atom. The number of rotatable bonds is 4. The van der Waals surface area contributed by atoms with E-state index in [-0.39, 0.29) is 0 Å². The molecule has 1 rings (SSSR count). The van der Waals surface area contributed by atoms with Crippen LogP contribution in [0.1, 0.15) is 12.8 Å². The van der Waals surface area contributed by atoms with E-state index in [1.165, 1.54) is 0 Å². The van der Waals surface area contributed by atoms with Crippen LogP contribution in [0.3, 0.4) is 0 Å². The predicted molar refractivity (Wildman–Crippen MR) is 52.8 cm³/mol. The summed E-state index contributed by atoms with van der Waals surface area (Å²) in [6.07, 6.45) is 0. The van der Waals surface area contributed by atoms with Crippen molar-refractivity contribution in [2.45, 2.75) is 19.1 Å². The Morgan fingerprint density at radius 2 is 2.33 bits per heavy atom. The smallest absolute Gasteiger partial charge is 0.276 e. The monoisotopic (exact) mass is 204 g/mol. The molecular formula is C7H12N2OS2. The molecule has 0 N–H and O–H groups in total. The topological polar surface area (TPSA) is 38.9 Å². The standard InChI is InChI=1S/C7H12N2OS2/c1-5(3-11)4-12-7-9-8-6(2)10-7/h5,11H,3-4H2,1-2H3. The highest BCUT2D eigenvalue weighted by Crippen LogP contribution is 2.19. The lowest BCUT2D eigenvalue weighted by Crippen LogP contribution is -1.98. The zero-order valence-corrected chi connectivity index (χ0v) is 8.86. The minimum Gasteiger partial charge on any atom is -0.416 e. The summed E-state index contributed by atoms with van der Waals surface area (Å²) in [6.45, 7) is 3.93. The summed E-state index contributed by atoms with van der Waals surface area (Å²) in [7, 11) is 0. The normalized spacial score (nSPS) is 13.2. The second-order valence-electron chi connectivity index (χ2n) is 2.69. The van der Waals surface area contributed by atoms with Crippen molar-refractivity contribution in [1.29, 1.82) is 0 Å². The first-order valence-corrected chi connectivity index (χ1v) is 5.38. The SMILES string of the molecule is Cc1nnc(SCC(C)CS)o1. The van der Waals surface area contributed by atoms with Gasteiger partial charge in [-0.15, -0.1) is 10.2 Å². The summed E-state index contributed by atoms with van der Waals surface area (Å²) in [5.74, 6) is 3.06. The Hall–Kier alpha value is -0.160. The fourth-order valence-corrected chi connectivity index (χ4v) is 1.73. The summed E-state index contributed by atoms with van der Waals surface area (Å²) < 4.78 is 5.19. The number of thioether (sulfide) groups is 1. The van der Waals surface area contributed by atoms with Crippen LogP contribution < -0.4 is 0 Å². The molecule has 3 nitrogen and oxygen atoms in total. The first kappa shape index (κ1) is 9.92. The third-order valence-corrected chi connectivity index (χ3v) is 3.08. The van der Waals surface area contributed by atoms with Crippen LogP contribution >= 0.6 is 24.4 Å². The molecule has 0 aliphatic heterocycles. The molecule has 5 heteroatoms. The molecular weight excluding hydrogens is 192 g/mol. The Morgan fingerprint density at radius 3 is 2.83 bits per heavy atom. The van der Waals surface area contributed by atoms with Crippen molar-refractivity contribution >= 4 is 24.4 Å². The van der Waals surface area contributed by atoms with Crippen LogP contribution in [-0.2, 0) is 0 Å². The summed E-state index contributed by atoms with van der Waals surface area (Å²) in [5, 5.41) is 8.26. The van der Waals surface area contributed by atoms with E-state index in [2.05, 4.69) is 29.7 Å². The maximum absolute atomic E-state index is 5.19. The van der Waals surface area contributed by atoms with Crippen LogP contribution in [-0.4, -0.2) is 21.7 Å². The van der Waals surface area contributed by atoms with Crippen molar-refractivity contribution in [1.82, 2.24) is 10.2 Å². The summed E-state index contributed by atoms with van der Waals surface area (Å²) in [5.41, 5.74) is 0. The Kier molecular flexibility index (Phi) is 3.94. The Bertz CT molecular complexity index is 239. The number of hydrogen-bond donors (Lipinski definition) is 1. The molecule has 1 atom stereocenters. The first-order valence-electron chi connectivity index (χ1n) is 3.76. The van der Waals surface area contributed by atoms with Gasteiger partial charge in [0.1, 0.15) is 0 Å². The van der Waals surface area contributed by atoms with Crippen LogP contribution in [0.15, 0.2) is 9.64 Å². The molecule has 0 saturated carbocycles. The van der Waals surface area contributed by atoms with E-state index >= 15 is 0 Å². The van der Waals surface area contributed by atoms with Crippen molar-refractivity contribution in [2.75, 3.05) is 11.5 Å². The molecule has 0 radical (unpaired) electrons. The van der Waals surface area contributed by atoms with Crippen LogP contribution in [0.2, 0.25) is 0 Å². The second-order valence-corrected chi connectivity index (χ2v) is 4.02. The largest absolute Gasteiger partial charge is 0.416 e. The molecule has 1 heterocycles. The van der Waals surface area contributed by atoms with Crippen LogP contribution in [0, 0.1) is 12.8 Å². The minimum absolute atomic E-state index is 0.575. The Labute approximate surface area is 81.7 Å². The summed E-state index contributed by atoms with van der Waals surface area (Å²) in [6, 6.07) is 0. The van der Waals surface area contributed by atoms with E-state index in [4.69, 9.17) is 4.42 Å². The summed E-state index contributed by atoms with van der Waals surface area (Å²) >= 11 is 5.77. The molecule has 68 valence electrons. The number of nitrogens with zero attached hydrogens (tertiary/aromatic N) is 2. The van der Waals surface area contributed by atoms with Gasteiger partial charge in [-0.05, 0) is 11.7 Å². The zero-order valence-electron chi connectivity index (χ0n) is 7.15. The lowest BCUT2D eigenvalue weighted by molar-refractivity contribution is 0.429. The van der Waals surface area contributed by atoms with E-state index < -0.39 is 0 Å². The van der Waals surface area contributed by atoms with E-state index in [0.717, 1.165) is 11.5 Å². The van der Waals surface area contributed by atoms with Crippen molar-refractivity contribution in [3.8, 4) is 0 Å². The van der Waals surface area contributed by atoms with Crippen LogP contribution in [0.5, 0.6) is 0 Å². The van der Waals surface area contributed by atoms with Gasteiger partial charge in [0.2, 0.25) is 5.89 Å². The molecule has 0 saturated heterocycles. The molecule has 1 unspecified atom stereocenters. The number of aryl methyl sites for hydroxylation is 1. The van der Waals surface area contributed by atoms with Gasteiger partial charge in [0.25, 0.3) is 5.22 Å². The van der Waals surface area contributed by atoms with Crippen LogP contribution in [0.25, 0.3) is 0 Å². The molecule has 0 aromatic carbocycles. The van der Waals surface area contributed by atoms with Gasteiger partial charge in [-0.2, -0.15) is 12.6 Å². The molecule has 1 aromatic heterocycles. The lowest BCUT2D eigenvalue weighted by atomic mass is 10.3. The highest BCUT2D eigenvalue weighted by Gasteiger charge is 2.05. The van der Waals surface area contributed by atoms with E-state index in [9.17, 15) is 0 Å². The van der Waals surface area contributed by atoms with Gasteiger partial charge < -0.3 is 4.42 Å². The zero-order chi connectivity index (χ0) is 8.97. The fourth-order valence-electron chi connectivity index (χ4n) is 0.603. The van der Waals surface area contributed by atoms with Gasteiger partial charge in [-0.3, -0.25) is 0 Å². The molecule has 1 aromatic rings. The van der Waals surface area contributed by atoms with Gasteiger partial charge >= 0.3 is 0 Å². The maximum Gasteiger partial charge on any atom is 0.276 e. The molecule has 0 aliphatic rings. The highest BCUT2D eigenvalue weighted by atomic mass is 32.2. The fraction of sp³-hybridized carbons (Fsp3) is 0.714. The van der Waals surface area contributed by atoms with Gasteiger partial charge in [0.05, 0.1) is 0 Å². The Balaban J connectivity index is 2.33. The molecule has 0 bridgehead atoms. The molecule has 0 fully saturated rings. The summed E-state index contributed by atoms with van der Waals surface area (Å²) in [4.78, 5) is 0. The van der Waals surface area contributed by atoms with Gasteiger partial charge in [0, 0.05) is 12.7 Å². The lowest BCUT2D eigenvalue weighted by Gasteiger charge is -2.02. The third kappa shape index (κ3) is 3.06. The third-order valence-electron chi connectivity index (χ3n) is 1.31. The van der Waals surface area contributed by atoms with Crippen molar-refractivity contribution in [3.63, 3.8) is 0 Å². The van der Waals surface area contributed by atoms with Crippen LogP contribution in [0.4, 0.5) is 0 Å². The number of aromatic nitrogens is 2. The number of thiol groups is 1. The van der Waals surface area contributed by atoms with Crippen molar-refractivity contribution in [2.24, 2.45) is 5.92 Å². The molecule has 0 aliphatic carbocycles.